The van der Waals surface area contributed by atoms with Crippen molar-refractivity contribution in [1.82, 2.24) is 15.1 Å². The number of halogens is 2. The van der Waals surface area contributed by atoms with Crippen LogP contribution in [0.5, 0.6) is 0 Å². The van der Waals surface area contributed by atoms with Gasteiger partial charge in [-0.25, -0.2) is 0 Å². The zero-order valence-electron chi connectivity index (χ0n) is 17.7. The van der Waals surface area contributed by atoms with Gasteiger partial charge < -0.3 is 10.6 Å². The van der Waals surface area contributed by atoms with Crippen LogP contribution in [0.3, 0.4) is 0 Å². The van der Waals surface area contributed by atoms with Gasteiger partial charge in [-0.3, -0.25) is 14.5 Å². The van der Waals surface area contributed by atoms with Crippen LogP contribution in [0.2, 0.25) is 10.0 Å². The van der Waals surface area contributed by atoms with Gasteiger partial charge in [0.2, 0.25) is 10.9 Å². The lowest BCUT2D eigenvalue weighted by Crippen LogP contribution is -2.32. The quantitative estimate of drug-likeness (QED) is 0.433. The Bertz CT molecular complexity index is 1070. The van der Waals surface area contributed by atoms with Crippen molar-refractivity contribution in [3.8, 4) is 0 Å². The Labute approximate surface area is 200 Å². The van der Waals surface area contributed by atoms with Crippen LogP contribution in [0.4, 0.5) is 11.4 Å². The van der Waals surface area contributed by atoms with Gasteiger partial charge in [0.15, 0.2) is 0 Å². The van der Waals surface area contributed by atoms with E-state index in [9.17, 15) is 9.59 Å². The van der Waals surface area contributed by atoms with Crippen LogP contribution in [0.1, 0.15) is 34.2 Å². The van der Waals surface area contributed by atoms with Crippen LogP contribution in [0.15, 0.2) is 42.5 Å². The first-order valence-corrected chi connectivity index (χ1v) is 11.7. The molecule has 2 N–H and O–H groups in total. The van der Waals surface area contributed by atoms with Crippen molar-refractivity contribution in [2.45, 2.75) is 26.8 Å². The number of para-hydroxylation sites is 1. The van der Waals surface area contributed by atoms with E-state index < -0.39 is 0 Å². The van der Waals surface area contributed by atoms with E-state index in [1.807, 2.05) is 36.1 Å². The van der Waals surface area contributed by atoms with Gasteiger partial charge in [0, 0.05) is 5.69 Å². The van der Waals surface area contributed by atoms with Gasteiger partial charge in [-0.05, 0) is 42.8 Å². The number of amides is 2. The van der Waals surface area contributed by atoms with Crippen molar-refractivity contribution in [2.24, 2.45) is 0 Å². The standard InChI is InChI=1S/C22H23Cl2N5O2S/c1-3-14-8-10-15(11-9-14)25-21(31)22-28-27-19(32-22)13-29(4-2)12-18(30)26-20-16(23)6-5-7-17(20)24/h5-11H,3-4,12-13H2,1-2H3,(H,25,31)(H,26,30). The second-order valence-electron chi connectivity index (χ2n) is 6.95. The average Bonchev–Trinajstić information content (AvgIpc) is 3.25. The van der Waals surface area contributed by atoms with E-state index >= 15 is 0 Å². The molecule has 0 radical (unpaired) electrons. The number of aryl methyl sites for hydroxylation is 1. The van der Waals surface area contributed by atoms with Crippen LogP contribution < -0.4 is 10.6 Å². The number of hydrogen-bond acceptors (Lipinski definition) is 6. The Morgan fingerprint density at radius 1 is 1.00 bits per heavy atom. The van der Waals surface area contributed by atoms with Crippen molar-refractivity contribution >= 4 is 57.7 Å². The number of likely N-dealkylation sites (N-methyl/N-ethyl adjacent to an activating group) is 1. The lowest BCUT2D eigenvalue weighted by molar-refractivity contribution is -0.117. The number of anilines is 2. The van der Waals surface area contributed by atoms with Gasteiger partial charge >= 0.3 is 0 Å². The first kappa shape index (κ1) is 24.1. The second-order valence-corrected chi connectivity index (χ2v) is 8.83. The second kappa shape index (κ2) is 11.4. The summed E-state index contributed by atoms with van der Waals surface area (Å²) >= 11 is 13.4. The lowest BCUT2D eigenvalue weighted by atomic mass is 10.1. The molecule has 2 aromatic carbocycles. The number of aromatic nitrogens is 2. The molecule has 0 atom stereocenters. The smallest absolute Gasteiger partial charge is 0.286 e. The molecule has 0 aliphatic heterocycles. The Morgan fingerprint density at radius 3 is 2.31 bits per heavy atom. The van der Waals surface area contributed by atoms with Crippen LogP contribution in [0, 0.1) is 0 Å². The van der Waals surface area contributed by atoms with Crippen LogP contribution in [-0.4, -0.2) is 40.0 Å². The summed E-state index contributed by atoms with van der Waals surface area (Å²) in [5.41, 5.74) is 2.29. The number of benzene rings is 2. The molecule has 32 heavy (non-hydrogen) atoms. The molecule has 0 unspecified atom stereocenters. The molecule has 0 fully saturated rings. The highest BCUT2D eigenvalue weighted by molar-refractivity contribution is 7.13. The molecule has 7 nitrogen and oxygen atoms in total. The van der Waals surface area contributed by atoms with Gasteiger partial charge in [-0.1, -0.05) is 66.6 Å². The predicted octanol–water partition coefficient (Wildman–Crippen LogP) is 5.12. The lowest BCUT2D eigenvalue weighted by Gasteiger charge is -2.18. The third kappa shape index (κ3) is 6.49. The summed E-state index contributed by atoms with van der Waals surface area (Å²) in [6.45, 7) is 5.11. The molecule has 3 aromatic rings. The van der Waals surface area contributed by atoms with Crippen LogP contribution in [-0.2, 0) is 17.8 Å². The van der Waals surface area contributed by atoms with Crippen molar-refractivity contribution in [3.63, 3.8) is 0 Å². The van der Waals surface area contributed by atoms with Gasteiger partial charge in [0.05, 0.1) is 28.8 Å². The van der Waals surface area contributed by atoms with Crippen molar-refractivity contribution in [3.05, 3.63) is 68.1 Å². The van der Waals surface area contributed by atoms with Gasteiger partial charge in [-0.15, -0.1) is 10.2 Å². The number of nitrogens with one attached hydrogen (secondary N) is 2. The van der Waals surface area contributed by atoms with E-state index in [2.05, 4.69) is 27.8 Å². The molecule has 1 heterocycles. The average molecular weight is 492 g/mol. The SMILES string of the molecule is CCc1ccc(NC(=O)c2nnc(CN(CC)CC(=O)Nc3c(Cl)cccc3Cl)s2)cc1. The minimum atomic E-state index is -0.313. The summed E-state index contributed by atoms with van der Waals surface area (Å²) in [5, 5.41) is 15.3. The first-order valence-electron chi connectivity index (χ1n) is 10.1. The number of hydrogen-bond donors (Lipinski definition) is 2. The number of carbonyl (C=O) groups is 2. The fraction of sp³-hybridized carbons (Fsp3) is 0.273. The van der Waals surface area contributed by atoms with Crippen LogP contribution in [0.25, 0.3) is 0 Å². The van der Waals surface area contributed by atoms with E-state index in [1.54, 1.807) is 18.2 Å². The zero-order valence-corrected chi connectivity index (χ0v) is 20.0. The van der Waals surface area contributed by atoms with Crippen LogP contribution >= 0.6 is 34.5 Å². The summed E-state index contributed by atoms with van der Waals surface area (Å²) < 4.78 is 0. The van der Waals surface area contributed by atoms with Crippen molar-refractivity contribution < 1.29 is 9.59 Å². The Balaban J connectivity index is 1.57. The minimum absolute atomic E-state index is 0.114. The molecule has 2 amide bonds. The molecular weight excluding hydrogens is 469 g/mol. The third-order valence-corrected chi connectivity index (χ3v) is 6.22. The minimum Gasteiger partial charge on any atom is -0.322 e. The Hall–Kier alpha value is -2.52. The molecular formula is C22H23Cl2N5O2S. The highest BCUT2D eigenvalue weighted by Crippen LogP contribution is 2.29. The first-order chi connectivity index (χ1) is 15.4. The molecule has 3 rings (SSSR count). The van der Waals surface area contributed by atoms with Gasteiger partial charge in [0.25, 0.3) is 5.91 Å². The van der Waals surface area contributed by atoms with E-state index in [-0.39, 0.29) is 23.4 Å². The number of carbonyl (C=O) groups excluding carboxylic acids is 2. The van der Waals surface area contributed by atoms with E-state index in [0.717, 1.165) is 6.42 Å². The molecule has 0 aliphatic rings. The highest BCUT2D eigenvalue weighted by atomic mass is 35.5. The summed E-state index contributed by atoms with van der Waals surface area (Å²) in [6.07, 6.45) is 0.936. The topological polar surface area (TPSA) is 87.2 Å². The van der Waals surface area contributed by atoms with Crippen molar-refractivity contribution in [1.29, 1.82) is 0 Å². The fourth-order valence-corrected chi connectivity index (χ4v) is 4.16. The maximum atomic E-state index is 12.5. The normalized spacial score (nSPS) is 10.9. The summed E-state index contributed by atoms with van der Waals surface area (Å²) in [6, 6.07) is 12.7. The number of rotatable bonds is 9. The molecule has 10 heteroatoms. The Kier molecular flexibility index (Phi) is 8.58. The highest BCUT2D eigenvalue weighted by Gasteiger charge is 2.17. The van der Waals surface area contributed by atoms with Gasteiger partial charge in [-0.2, -0.15) is 0 Å². The summed E-state index contributed by atoms with van der Waals surface area (Å²) in [7, 11) is 0. The summed E-state index contributed by atoms with van der Waals surface area (Å²) in [4.78, 5) is 26.8. The van der Waals surface area contributed by atoms with E-state index in [1.165, 1.54) is 16.9 Å². The molecule has 1 aromatic heterocycles. The summed E-state index contributed by atoms with van der Waals surface area (Å²) in [5.74, 6) is -0.563. The monoisotopic (exact) mass is 491 g/mol. The fourth-order valence-electron chi connectivity index (χ4n) is 2.89. The van der Waals surface area contributed by atoms with E-state index in [4.69, 9.17) is 23.2 Å². The van der Waals surface area contributed by atoms with Crippen molar-refractivity contribution in [2.75, 3.05) is 23.7 Å². The molecule has 0 aliphatic carbocycles. The van der Waals surface area contributed by atoms with Gasteiger partial charge in [0.1, 0.15) is 5.01 Å². The predicted molar refractivity (Wildman–Crippen MR) is 130 cm³/mol. The molecule has 168 valence electrons. The Morgan fingerprint density at radius 2 is 1.69 bits per heavy atom. The molecule has 0 saturated carbocycles. The zero-order chi connectivity index (χ0) is 23.1. The maximum Gasteiger partial charge on any atom is 0.286 e. The molecule has 0 bridgehead atoms. The van der Waals surface area contributed by atoms with E-state index in [0.29, 0.717) is 39.5 Å². The molecule has 0 spiro atoms. The third-order valence-electron chi connectivity index (χ3n) is 4.68. The molecule has 0 saturated heterocycles. The maximum absolute atomic E-state index is 12.5. The number of nitrogens with zero attached hydrogens (tertiary/aromatic N) is 3. The largest absolute Gasteiger partial charge is 0.322 e.